The number of benzene rings is 1. The molecule has 0 amide bonds. The summed E-state index contributed by atoms with van der Waals surface area (Å²) in [7, 11) is 2.32. The Morgan fingerprint density at radius 1 is 1.05 bits per heavy atom. The van der Waals surface area contributed by atoms with Gasteiger partial charge in [-0.3, -0.25) is 14.4 Å². The third-order valence-corrected chi connectivity index (χ3v) is 2.92. The number of ketones is 1. The van der Waals surface area contributed by atoms with Crippen LogP contribution < -0.4 is 0 Å². The zero-order valence-corrected chi connectivity index (χ0v) is 12.3. The molecule has 1 rings (SSSR count). The molecule has 0 atom stereocenters. The lowest BCUT2D eigenvalue weighted by Crippen LogP contribution is -2.28. The summed E-state index contributed by atoms with van der Waals surface area (Å²) in [6, 6.07) is 7.60. The molecule has 5 nitrogen and oxygen atoms in total. The molecule has 0 N–H and O–H groups in total. The lowest BCUT2D eigenvalue weighted by atomic mass is 10.0. The SMILES string of the molecule is COC(=O)C(CC(=O)/C=C/c1ccc(C)cc1)C(=O)OC. The maximum atomic E-state index is 11.8. The first-order valence-corrected chi connectivity index (χ1v) is 6.41. The van der Waals surface area contributed by atoms with E-state index in [9.17, 15) is 14.4 Å². The average Bonchev–Trinajstić information content (AvgIpc) is 2.50. The summed E-state index contributed by atoms with van der Waals surface area (Å²) in [5.74, 6) is -3.13. The highest BCUT2D eigenvalue weighted by atomic mass is 16.5. The molecule has 0 heterocycles. The number of carbonyl (C=O) groups excluding carboxylic acids is 3. The van der Waals surface area contributed by atoms with Crippen molar-refractivity contribution in [2.24, 2.45) is 5.92 Å². The Balaban J connectivity index is 2.71. The van der Waals surface area contributed by atoms with Crippen LogP contribution in [0.2, 0.25) is 0 Å². The van der Waals surface area contributed by atoms with E-state index in [-0.39, 0.29) is 12.2 Å². The Bertz CT molecular complexity index is 526. The highest BCUT2D eigenvalue weighted by molar-refractivity contribution is 6.02. The van der Waals surface area contributed by atoms with Gasteiger partial charge in [0, 0.05) is 6.42 Å². The number of rotatable bonds is 6. The molecule has 5 heteroatoms. The first-order valence-electron chi connectivity index (χ1n) is 6.41. The van der Waals surface area contributed by atoms with Gasteiger partial charge in [-0.05, 0) is 18.6 Å². The fourth-order valence-corrected chi connectivity index (χ4v) is 1.68. The van der Waals surface area contributed by atoms with Crippen molar-refractivity contribution in [3.63, 3.8) is 0 Å². The van der Waals surface area contributed by atoms with E-state index in [1.807, 2.05) is 31.2 Å². The predicted octanol–water partition coefficient (Wildman–Crippen LogP) is 1.93. The maximum absolute atomic E-state index is 11.8. The molecule has 0 radical (unpaired) electrons. The second-order valence-corrected chi connectivity index (χ2v) is 4.51. The molecular formula is C16H18O5. The summed E-state index contributed by atoms with van der Waals surface area (Å²) >= 11 is 0. The molecule has 0 aliphatic carbocycles. The third kappa shape index (κ3) is 5.22. The molecular weight excluding hydrogens is 272 g/mol. The molecule has 0 aliphatic rings. The van der Waals surface area contributed by atoms with Crippen molar-refractivity contribution < 1.29 is 23.9 Å². The van der Waals surface area contributed by atoms with Crippen molar-refractivity contribution in [2.45, 2.75) is 13.3 Å². The molecule has 1 aromatic rings. The van der Waals surface area contributed by atoms with Crippen LogP contribution in [0.5, 0.6) is 0 Å². The number of hydrogen-bond donors (Lipinski definition) is 0. The van der Waals surface area contributed by atoms with E-state index in [0.29, 0.717) is 0 Å². The normalized spacial score (nSPS) is 10.7. The number of carbonyl (C=O) groups is 3. The summed E-state index contributed by atoms with van der Waals surface area (Å²) < 4.78 is 8.99. The van der Waals surface area contributed by atoms with Gasteiger partial charge in [0.05, 0.1) is 14.2 Å². The van der Waals surface area contributed by atoms with Crippen molar-refractivity contribution in [1.29, 1.82) is 0 Å². The summed E-state index contributed by atoms with van der Waals surface area (Å²) in [5, 5.41) is 0. The Labute approximate surface area is 123 Å². The lowest BCUT2D eigenvalue weighted by Gasteiger charge is -2.10. The molecule has 0 bridgehead atoms. The Hall–Kier alpha value is -2.43. The number of allylic oxidation sites excluding steroid dienone is 1. The van der Waals surface area contributed by atoms with Crippen molar-refractivity contribution in [3.8, 4) is 0 Å². The second kappa shape index (κ2) is 7.99. The van der Waals surface area contributed by atoms with Crippen LogP contribution in [0.3, 0.4) is 0 Å². The fraction of sp³-hybridized carbons (Fsp3) is 0.312. The van der Waals surface area contributed by atoms with Crippen LogP contribution in [0.25, 0.3) is 6.08 Å². The van der Waals surface area contributed by atoms with Gasteiger partial charge in [-0.1, -0.05) is 35.9 Å². The summed E-state index contributed by atoms with van der Waals surface area (Å²) in [5.41, 5.74) is 1.98. The van der Waals surface area contributed by atoms with Gasteiger partial charge in [0.25, 0.3) is 0 Å². The highest BCUT2D eigenvalue weighted by Crippen LogP contribution is 2.11. The third-order valence-electron chi connectivity index (χ3n) is 2.92. The Morgan fingerprint density at radius 3 is 2.05 bits per heavy atom. The number of aryl methyl sites for hydroxylation is 1. The van der Waals surface area contributed by atoms with E-state index < -0.39 is 17.9 Å². The van der Waals surface area contributed by atoms with Crippen LogP contribution >= 0.6 is 0 Å². The maximum Gasteiger partial charge on any atom is 0.320 e. The predicted molar refractivity (Wildman–Crippen MR) is 77.4 cm³/mol. The zero-order valence-electron chi connectivity index (χ0n) is 12.3. The van der Waals surface area contributed by atoms with Crippen LogP contribution in [0, 0.1) is 12.8 Å². The van der Waals surface area contributed by atoms with Gasteiger partial charge in [-0.2, -0.15) is 0 Å². The first kappa shape index (κ1) is 16.6. The molecule has 21 heavy (non-hydrogen) atoms. The monoisotopic (exact) mass is 290 g/mol. The van der Waals surface area contributed by atoms with Gasteiger partial charge >= 0.3 is 11.9 Å². The van der Waals surface area contributed by atoms with Crippen LogP contribution in [0.15, 0.2) is 30.3 Å². The van der Waals surface area contributed by atoms with Crippen molar-refractivity contribution >= 4 is 23.8 Å². The summed E-state index contributed by atoms with van der Waals surface area (Å²) in [6.07, 6.45) is 2.69. The average molecular weight is 290 g/mol. The van der Waals surface area contributed by atoms with Crippen molar-refractivity contribution in [2.75, 3.05) is 14.2 Å². The van der Waals surface area contributed by atoms with Gasteiger partial charge < -0.3 is 9.47 Å². The molecule has 0 unspecified atom stereocenters. The van der Waals surface area contributed by atoms with Gasteiger partial charge in [0.15, 0.2) is 11.7 Å². The summed E-state index contributed by atoms with van der Waals surface area (Å²) in [6.45, 7) is 1.97. The zero-order chi connectivity index (χ0) is 15.8. The quantitative estimate of drug-likeness (QED) is 0.455. The molecule has 112 valence electrons. The standard InChI is InChI=1S/C16H18O5/c1-11-4-6-12(7-5-11)8-9-13(17)10-14(15(18)20-2)16(19)21-3/h4-9,14H,10H2,1-3H3/b9-8+. The highest BCUT2D eigenvalue weighted by Gasteiger charge is 2.30. The molecule has 0 saturated heterocycles. The van der Waals surface area contributed by atoms with Crippen molar-refractivity contribution in [3.05, 3.63) is 41.5 Å². The molecule has 0 saturated carbocycles. The van der Waals surface area contributed by atoms with Crippen LogP contribution in [-0.2, 0) is 23.9 Å². The fourth-order valence-electron chi connectivity index (χ4n) is 1.68. The first-order chi connectivity index (χ1) is 9.97. The smallest absolute Gasteiger partial charge is 0.320 e. The van der Waals surface area contributed by atoms with E-state index in [1.54, 1.807) is 6.08 Å². The number of ether oxygens (including phenoxy) is 2. The van der Waals surface area contributed by atoms with E-state index in [2.05, 4.69) is 9.47 Å². The Morgan fingerprint density at radius 2 is 1.57 bits per heavy atom. The number of methoxy groups -OCH3 is 2. The van der Waals surface area contributed by atoms with Crippen LogP contribution in [0.1, 0.15) is 17.5 Å². The van der Waals surface area contributed by atoms with Crippen molar-refractivity contribution in [1.82, 2.24) is 0 Å². The van der Waals surface area contributed by atoms with E-state index >= 15 is 0 Å². The van der Waals surface area contributed by atoms with E-state index in [0.717, 1.165) is 25.3 Å². The van der Waals surface area contributed by atoms with Gasteiger partial charge in [0.1, 0.15) is 0 Å². The van der Waals surface area contributed by atoms with Crippen LogP contribution in [-0.4, -0.2) is 31.9 Å². The molecule has 0 aliphatic heterocycles. The van der Waals surface area contributed by atoms with Gasteiger partial charge in [-0.15, -0.1) is 0 Å². The largest absolute Gasteiger partial charge is 0.468 e. The molecule has 0 fully saturated rings. The number of hydrogen-bond acceptors (Lipinski definition) is 5. The summed E-state index contributed by atoms with van der Waals surface area (Å²) in [4.78, 5) is 34.8. The number of esters is 2. The molecule has 0 spiro atoms. The second-order valence-electron chi connectivity index (χ2n) is 4.51. The minimum atomic E-state index is -1.23. The van der Waals surface area contributed by atoms with E-state index in [1.165, 1.54) is 6.08 Å². The van der Waals surface area contributed by atoms with E-state index in [4.69, 9.17) is 0 Å². The van der Waals surface area contributed by atoms with Crippen LogP contribution in [0.4, 0.5) is 0 Å². The Kier molecular flexibility index (Phi) is 6.33. The topological polar surface area (TPSA) is 69.7 Å². The minimum Gasteiger partial charge on any atom is -0.468 e. The molecule has 1 aromatic carbocycles. The molecule has 0 aromatic heterocycles. The minimum absolute atomic E-state index is 0.276. The lowest BCUT2D eigenvalue weighted by molar-refractivity contribution is -0.160. The van der Waals surface area contributed by atoms with Gasteiger partial charge in [-0.25, -0.2) is 0 Å². The van der Waals surface area contributed by atoms with Gasteiger partial charge in [0.2, 0.25) is 0 Å².